The first-order valence-electron chi connectivity index (χ1n) is 7.51. The Morgan fingerprint density at radius 1 is 1.30 bits per heavy atom. The number of halogens is 1. The third-order valence-electron chi connectivity index (χ3n) is 3.79. The first-order chi connectivity index (χ1) is 11.1. The highest BCUT2D eigenvalue weighted by Crippen LogP contribution is 2.18. The van der Waals surface area contributed by atoms with Gasteiger partial charge in [0.05, 0.1) is 22.9 Å². The van der Waals surface area contributed by atoms with Crippen molar-refractivity contribution < 1.29 is 0 Å². The van der Waals surface area contributed by atoms with Crippen molar-refractivity contribution in [2.75, 3.05) is 11.9 Å². The number of anilines is 1. The molecule has 3 rings (SSSR count). The highest BCUT2D eigenvalue weighted by Gasteiger charge is 2.10. The number of nitrogens with one attached hydrogen (secondary N) is 1. The summed E-state index contributed by atoms with van der Waals surface area (Å²) in [5.41, 5.74) is 2.71. The number of rotatable bonds is 5. The van der Waals surface area contributed by atoms with E-state index < -0.39 is 0 Å². The minimum atomic E-state index is -0.157. The molecule has 0 aliphatic heterocycles. The monoisotopic (exact) mass is 375 g/mol. The van der Waals surface area contributed by atoms with Crippen molar-refractivity contribution in [1.29, 1.82) is 0 Å². The molecule has 0 unspecified atom stereocenters. The van der Waals surface area contributed by atoms with E-state index in [1.807, 2.05) is 18.2 Å². The average Bonchev–Trinajstić information content (AvgIpc) is 2.92. The molecule has 6 nitrogen and oxygen atoms in total. The van der Waals surface area contributed by atoms with E-state index in [0.717, 1.165) is 29.8 Å². The van der Waals surface area contributed by atoms with Crippen LogP contribution >= 0.6 is 15.9 Å². The van der Waals surface area contributed by atoms with Crippen molar-refractivity contribution in [3.63, 3.8) is 0 Å². The van der Waals surface area contributed by atoms with Crippen molar-refractivity contribution in [3.8, 4) is 0 Å². The van der Waals surface area contributed by atoms with Crippen LogP contribution in [0.3, 0.4) is 0 Å². The summed E-state index contributed by atoms with van der Waals surface area (Å²) < 4.78 is 4.01. The van der Waals surface area contributed by atoms with Crippen molar-refractivity contribution >= 4 is 32.7 Å². The van der Waals surface area contributed by atoms with Crippen LogP contribution in [0.2, 0.25) is 0 Å². The number of nitrogens with zero attached hydrogens (tertiary/aromatic N) is 4. The summed E-state index contributed by atoms with van der Waals surface area (Å²) in [5, 5.41) is 7.27. The highest BCUT2D eigenvalue weighted by molar-refractivity contribution is 9.10. The Labute approximate surface area is 142 Å². The van der Waals surface area contributed by atoms with Crippen molar-refractivity contribution in [2.45, 2.75) is 19.9 Å². The molecule has 7 heteroatoms. The Hall–Kier alpha value is -2.15. The van der Waals surface area contributed by atoms with E-state index in [-0.39, 0.29) is 5.56 Å². The molecule has 23 heavy (non-hydrogen) atoms. The highest BCUT2D eigenvalue weighted by atomic mass is 79.9. The van der Waals surface area contributed by atoms with Crippen LogP contribution in [0.25, 0.3) is 11.0 Å². The lowest BCUT2D eigenvalue weighted by Crippen LogP contribution is -2.22. The minimum absolute atomic E-state index is 0.157. The van der Waals surface area contributed by atoms with E-state index in [4.69, 9.17) is 4.98 Å². The topological polar surface area (TPSA) is 64.7 Å². The molecule has 0 saturated heterocycles. The predicted molar refractivity (Wildman–Crippen MR) is 94.8 cm³/mol. The van der Waals surface area contributed by atoms with E-state index in [9.17, 15) is 4.79 Å². The third kappa shape index (κ3) is 3.01. The Bertz CT molecular complexity index is 899. The standard InChI is InChI=1S/C16H18BrN5O/c1-3-22-13-7-5-4-6-11(13)20-14(22)8-9-18-12-10-19-21(2)16(23)15(12)17/h4-7,10,18H,3,8-9H2,1-2H3. The lowest BCUT2D eigenvalue weighted by molar-refractivity contribution is 0.700. The second-order valence-electron chi connectivity index (χ2n) is 5.24. The van der Waals surface area contributed by atoms with E-state index in [1.54, 1.807) is 13.2 Å². The van der Waals surface area contributed by atoms with Crippen molar-refractivity contribution in [1.82, 2.24) is 19.3 Å². The number of imidazole rings is 1. The SMILES string of the molecule is CCn1c(CCNc2cnn(C)c(=O)c2Br)nc2ccccc21. The molecule has 0 aliphatic rings. The molecule has 0 spiro atoms. The van der Waals surface area contributed by atoms with Gasteiger partial charge in [0.2, 0.25) is 0 Å². The van der Waals surface area contributed by atoms with Gasteiger partial charge in [0, 0.05) is 26.6 Å². The summed E-state index contributed by atoms with van der Waals surface area (Å²) in [5.74, 6) is 1.04. The molecule has 0 amide bonds. The molecule has 0 bridgehead atoms. The fourth-order valence-corrected chi connectivity index (χ4v) is 3.11. The number of hydrogen-bond acceptors (Lipinski definition) is 4. The van der Waals surface area contributed by atoms with Gasteiger partial charge in [-0.1, -0.05) is 12.1 Å². The molecule has 0 radical (unpaired) electrons. The minimum Gasteiger partial charge on any atom is -0.382 e. The van der Waals surface area contributed by atoms with Crippen LogP contribution < -0.4 is 10.9 Å². The van der Waals surface area contributed by atoms with Gasteiger partial charge in [-0.15, -0.1) is 0 Å². The molecule has 2 heterocycles. The van der Waals surface area contributed by atoms with Crippen LogP contribution in [0.1, 0.15) is 12.7 Å². The molecule has 1 aromatic carbocycles. The van der Waals surface area contributed by atoms with Gasteiger partial charge in [-0.3, -0.25) is 4.79 Å². The van der Waals surface area contributed by atoms with Crippen LogP contribution in [-0.2, 0) is 20.0 Å². The predicted octanol–water partition coefficient (Wildman–Crippen LogP) is 2.57. The zero-order chi connectivity index (χ0) is 16.4. The van der Waals surface area contributed by atoms with Crippen LogP contribution in [0.4, 0.5) is 5.69 Å². The zero-order valence-electron chi connectivity index (χ0n) is 13.1. The fraction of sp³-hybridized carbons (Fsp3) is 0.312. The second-order valence-corrected chi connectivity index (χ2v) is 6.03. The van der Waals surface area contributed by atoms with Crippen molar-refractivity contribution in [3.05, 3.63) is 51.1 Å². The summed E-state index contributed by atoms with van der Waals surface area (Å²) in [4.78, 5) is 16.5. The number of fused-ring (bicyclic) bond motifs is 1. The molecular formula is C16H18BrN5O. The molecule has 0 fully saturated rings. The quantitative estimate of drug-likeness (QED) is 0.744. The summed E-state index contributed by atoms with van der Waals surface area (Å²) in [6.07, 6.45) is 2.42. The van der Waals surface area contributed by atoms with Gasteiger partial charge in [0.25, 0.3) is 5.56 Å². The molecule has 0 atom stereocenters. The lowest BCUT2D eigenvalue weighted by Gasteiger charge is -2.09. The second kappa shape index (κ2) is 6.54. The summed E-state index contributed by atoms with van der Waals surface area (Å²) in [7, 11) is 1.63. The van der Waals surface area contributed by atoms with E-state index in [2.05, 4.69) is 43.9 Å². The first-order valence-corrected chi connectivity index (χ1v) is 8.31. The van der Waals surface area contributed by atoms with Gasteiger partial charge < -0.3 is 9.88 Å². The molecule has 0 saturated carbocycles. The Morgan fingerprint density at radius 2 is 2.09 bits per heavy atom. The maximum Gasteiger partial charge on any atom is 0.282 e. The largest absolute Gasteiger partial charge is 0.382 e. The number of hydrogen-bond donors (Lipinski definition) is 1. The van der Waals surface area contributed by atoms with Gasteiger partial charge in [0.1, 0.15) is 10.3 Å². The van der Waals surface area contributed by atoms with Crippen LogP contribution in [0.15, 0.2) is 39.7 Å². The Morgan fingerprint density at radius 3 is 2.87 bits per heavy atom. The number of benzene rings is 1. The van der Waals surface area contributed by atoms with Crippen LogP contribution in [-0.4, -0.2) is 25.9 Å². The van der Waals surface area contributed by atoms with E-state index >= 15 is 0 Å². The van der Waals surface area contributed by atoms with E-state index in [0.29, 0.717) is 16.7 Å². The third-order valence-corrected chi connectivity index (χ3v) is 4.56. The van der Waals surface area contributed by atoms with Crippen molar-refractivity contribution in [2.24, 2.45) is 7.05 Å². The van der Waals surface area contributed by atoms with E-state index in [1.165, 1.54) is 4.68 Å². The normalized spacial score (nSPS) is 11.1. The number of aryl methyl sites for hydroxylation is 2. The maximum atomic E-state index is 11.8. The van der Waals surface area contributed by atoms with Gasteiger partial charge in [-0.2, -0.15) is 5.10 Å². The molecule has 2 aromatic heterocycles. The van der Waals surface area contributed by atoms with Gasteiger partial charge in [-0.05, 0) is 35.0 Å². The van der Waals surface area contributed by atoms with Crippen LogP contribution in [0, 0.1) is 0 Å². The molecule has 3 aromatic rings. The lowest BCUT2D eigenvalue weighted by atomic mass is 10.3. The Kier molecular flexibility index (Phi) is 4.47. The zero-order valence-corrected chi connectivity index (χ0v) is 14.7. The average molecular weight is 376 g/mol. The van der Waals surface area contributed by atoms with Gasteiger partial charge >= 0.3 is 0 Å². The summed E-state index contributed by atoms with van der Waals surface area (Å²) in [6.45, 7) is 3.68. The summed E-state index contributed by atoms with van der Waals surface area (Å²) >= 11 is 3.32. The summed E-state index contributed by atoms with van der Waals surface area (Å²) in [6, 6.07) is 8.14. The smallest absolute Gasteiger partial charge is 0.282 e. The molecule has 0 aliphatic carbocycles. The van der Waals surface area contributed by atoms with Gasteiger partial charge in [0.15, 0.2) is 0 Å². The fourth-order valence-electron chi connectivity index (χ4n) is 2.61. The maximum absolute atomic E-state index is 11.8. The first kappa shape index (κ1) is 15.7. The van der Waals surface area contributed by atoms with Gasteiger partial charge in [-0.25, -0.2) is 9.67 Å². The molecular weight excluding hydrogens is 358 g/mol. The van der Waals surface area contributed by atoms with Crippen LogP contribution in [0.5, 0.6) is 0 Å². The number of para-hydroxylation sites is 2. The molecule has 120 valence electrons. The molecule has 1 N–H and O–H groups in total. The number of aromatic nitrogens is 4. The Balaban J connectivity index is 1.77.